The van der Waals surface area contributed by atoms with E-state index in [0.717, 1.165) is 17.5 Å². The van der Waals surface area contributed by atoms with Gasteiger partial charge in [-0.1, -0.05) is 19.9 Å². The fourth-order valence-electron chi connectivity index (χ4n) is 1.75. The average Bonchev–Trinajstić information content (AvgIpc) is 2.68. The molecule has 0 saturated carbocycles. The van der Waals surface area contributed by atoms with Crippen LogP contribution in [-0.4, -0.2) is 18.3 Å². The Bertz CT molecular complexity index is 539. The number of rotatable bonds is 4. The number of hydrogen-bond acceptors (Lipinski definition) is 3. The lowest BCUT2D eigenvalue weighted by Gasteiger charge is -2.01. The lowest BCUT2D eigenvalue weighted by molar-refractivity contribution is 0.190. The van der Waals surface area contributed by atoms with Crippen LogP contribution in [0.3, 0.4) is 0 Å². The van der Waals surface area contributed by atoms with Crippen LogP contribution in [0.1, 0.15) is 25.8 Å². The van der Waals surface area contributed by atoms with Gasteiger partial charge < -0.3 is 9.15 Å². The van der Waals surface area contributed by atoms with Crippen molar-refractivity contribution < 1.29 is 9.15 Å². The lowest BCUT2D eigenvalue weighted by Crippen LogP contribution is -2.15. The van der Waals surface area contributed by atoms with Crippen LogP contribution in [0, 0.1) is 6.92 Å². The molecule has 0 aliphatic carbocycles. The van der Waals surface area contributed by atoms with E-state index in [4.69, 9.17) is 9.15 Å². The zero-order valence-corrected chi connectivity index (χ0v) is 11.5. The van der Waals surface area contributed by atoms with Gasteiger partial charge in [0.2, 0.25) is 0 Å². The van der Waals surface area contributed by atoms with Gasteiger partial charge in [0.1, 0.15) is 0 Å². The van der Waals surface area contributed by atoms with Gasteiger partial charge in [-0.25, -0.2) is 4.79 Å². The largest absolute Gasteiger partial charge is 0.419 e. The Labute approximate surface area is 107 Å². The van der Waals surface area contributed by atoms with E-state index < -0.39 is 0 Å². The van der Waals surface area contributed by atoms with E-state index in [2.05, 4.69) is 0 Å². The van der Waals surface area contributed by atoms with Crippen molar-refractivity contribution in [2.75, 3.05) is 13.7 Å². The Kier molecular flexibility index (Phi) is 5.65. The van der Waals surface area contributed by atoms with Crippen molar-refractivity contribution >= 4 is 11.1 Å². The van der Waals surface area contributed by atoms with Gasteiger partial charge in [-0.2, -0.15) is 0 Å². The number of ether oxygens (including phenoxy) is 1. The van der Waals surface area contributed by atoms with Crippen LogP contribution >= 0.6 is 0 Å². The first-order valence-electron chi connectivity index (χ1n) is 6.31. The van der Waals surface area contributed by atoms with E-state index in [1.54, 1.807) is 11.7 Å². The summed E-state index contributed by atoms with van der Waals surface area (Å²) in [5.41, 5.74) is 2.63. The normalized spacial score (nSPS) is 10.2. The van der Waals surface area contributed by atoms with Crippen molar-refractivity contribution in [3.63, 3.8) is 0 Å². The van der Waals surface area contributed by atoms with Gasteiger partial charge in [0.25, 0.3) is 0 Å². The Morgan fingerprint density at radius 2 is 2.06 bits per heavy atom. The zero-order chi connectivity index (χ0) is 13.5. The van der Waals surface area contributed by atoms with E-state index in [-0.39, 0.29) is 5.76 Å². The minimum atomic E-state index is -0.295. The second-order valence-electron chi connectivity index (χ2n) is 3.84. The maximum absolute atomic E-state index is 11.6. The Morgan fingerprint density at radius 1 is 1.33 bits per heavy atom. The van der Waals surface area contributed by atoms with E-state index >= 15 is 0 Å². The smallest absolute Gasteiger partial charge is 0.408 e. The summed E-state index contributed by atoms with van der Waals surface area (Å²) in [6.45, 7) is 7.27. The molecule has 0 amide bonds. The standard InChI is InChI=1S/C12H15NO3.C2H6/c1-9-4-5-11-10(8-9)13(12(14)16-11)6-3-7-15-2;1-2/h4-5,8H,3,6-7H2,1-2H3;1-2H3. The molecule has 0 atom stereocenters. The highest BCUT2D eigenvalue weighted by molar-refractivity contribution is 5.73. The predicted molar refractivity (Wildman–Crippen MR) is 73.1 cm³/mol. The molecule has 0 aliphatic rings. The number of nitrogens with zero attached hydrogens (tertiary/aromatic N) is 1. The molecule has 2 rings (SSSR count). The average molecular weight is 251 g/mol. The third kappa shape index (κ3) is 3.23. The second kappa shape index (κ2) is 7.01. The number of fused-ring (bicyclic) bond motifs is 1. The number of oxazole rings is 1. The molecule has 4 nitrogen and oxygen atoms in total. The molecule has 0 aliphatic heterocycles. The Hall–Kier alpha value is -1.55. The van der Waals surface area contributed by atoms with E-state index in [1.165, 1.54) is 0 Å². The van der Waals surface area contributed by atoms with Crippen LogP contribution in [0.15, 0.2) is 27.4 Å². The molecule has 0 spiro atoms. The summed E-state index contributed by atoms with van der Waals surface area (Å²) in [6.07, 6.45) is 0.805. The topological polar surface area (TPSA) is 44.4 Å². The highest BCUT2D eigenvalue weighted by atomic mass is 16.5. The van der Waals surface area contributed by atoms with E-state index in [9.17, 15) is 4.79 Å². The number of hydrogen-bond donors (Lipinski definition) is 0. The third-order valence-electron chi connectivity index (χ3n) is 2.55. The van der Waals surface area contributed by atoms with Crippen LogP contribution in [0.25, 0.3) is 11.1 Å². The first kappa shape index (κ1) is 14.5. The van der Waals surface area contributed by atoms with Gasteiger partial charge in [0, 0.05) is 20.3 Å². The molecule has 1 heterocycles. The number of benzene rings is 1. The third-order valence-corrected chi connectivity index (χ3v) is 2.55. The van der Waals surface area contributed by atoms with Crippen molar-refractivity contribution in [3.8, 4) is 0 Å². The van der Waals surface area contributed by atoms with Gasteiger partial charge in [-0.3, -0.25) is 4.57 Å². The van der Waals surface area contributed by atoms with E-state index in [0.29, 0.717) is 18.7 Å². The second-order valence-corrected chi connectivity index (χ2v) is 3.84. The first-order valence-corrected chi connectivity index (χ1v) is 6.31. The minimum absolute atomic E-state index is 0.295. The van der Waals surface area contributed by atoms with Crippen molar-refractivity contribution in [3.05, 3.63) is 34.3 Å². The molecule has 0 unspecified atom stereocenters. The molecular formula is C14H21NO3. The first-order chi connectivity index (χ1) is 8.72. The summed E-state index contributed by atoms with van der Waals surface area (Å²) >= 11 is 0. The monoisotopic (exact) mass is 251 g/mol. The summed E-state index contributed by atoms with van der Waals surface area (Å²) in [4.78, 5) is 11.6. The summed E-state index contributed by atoms with van der Waals surface area (Å²) in [7, 11) is 1.65. The molecule has 0 N–H and O–H groups in total. The summed E-state index contributed by atoms with van der Waals surface area (Å²) in [5, 5.41) is 0. The molecule has 0 fully saturated rings. The van der Waals surface area contributed by atoms with Crippen LogP contribution < -0.4 is 5.76 Å². The molecular weight excluding hydrogens is 230 g/mol. The van der Waals surface area contributed by atoms with Crippen molar-refractivity contribution in [1.29, 1.82) is 0 Å². The maximum atomic E-state index is 11.6. The van der Waals surface area contributed by atoms with Gasteiger partial charge in [-0.05, 0) is 31.0 Å². The zero-order valence-electron chi connectivity index (χ0n) is 11.5. The van der Waals surface area contributed by atoms with Crippen LogP contribution in [-0.2, 0) is 11.3 Å². The number of aryl methyl sites for hydroxylation is 2. The molecule has 0 radical (unpaired) electrons. The number of methoxy groups -OCH3 is 1. The van der Waals surface area contributed by atoms with Crippen molar-refractivity contribution in [2.45, 2.75) is 33.7 Å². The van der Waals surface area contributed by atoms with Gasteiger partial charge in [0.05, 0.1) is 5.52 Å². The van der Waals surface area contributed by atoms with Crippen molar-refractivity contribution in [1.82, 2.24) is 4.57 Å². The fourth-order valence-corrected chi connectivity index (χ4v) is 1.75. The molecule has 1 aromatic heterocycles. The highest BCUT2D eigenvalue weighted by Gasteiger charge is 2.08. The predicted octanol–water partition coefficient (Wildman–Crippen LogP) is 2.97. The van der Waals surface area contributed by atoms with Crippen LogP contribution in [0.5, 0.6) is 0 Å². The van der Waals surface area contributed by atoms with E-state index in [1.807, 2.05) is 39.0 Å². The molecule has 18 heavy (non-hydrogen) atoms. The SMILES string of the molecule is CC.COCCCn1c(=O)oc2ccc(C)cc21. The van der Waals surface area contributed by atoms with Gasteiger partial charge >= 0.3 is 5.76 Å². The molecule has 4 heteroatoms. The lowest BCUT2D eigenvalue weighted by atomic mass is 10.2. The maximum Gasteiger partial charge on any atom is 0.419 e. The Balaban J connectivity index is 0.000000771. The fraction of sp³-hybridized carbons (Fsp3) is 0.500. The quantitative estimate of drug-likeness (QED) is 0.785. The number of aromatic nitrogens is 1. The summed E-state index contributed by atoms with van der Waals surface area (Å²) in [6, 6.07) is 5.73. The minimum Gasteiger partial charge on any atom is -0.408 e. The summed E-state index contributed by atoms with van der Waals surface area (Å²) < 4.78 is 11.8. The van der Waals surface area contributed by atoms with Gasteiger partial charge in [0.15, 0.2) is 5.58 Å². The highest BCUT2D eigenvalue weighted by Crippen LogP contribution is 2.14. The molecule has 100 valence electrons. The van der Waals surface area contributed by atoms with Crippen molar-refractivity contribution in [2.24, 2.45) is 0 Å². The Morgan fingerprint density at radius 3 is 2.72 bits per heavy atom. The van der Waals surface area contributed by atoms with Gasteiger partial charge in [-0.15, -0.1) is 0 Å². The van der Waals surface area contributed by atoms with Crippen LogP contribution in [0.4, 0.5) is 0 Å². The summed E-state index contributed by atoms with van der Waals surface area (Å²) in [5.74, 6) is -0.295. The molecule has 2 aromatic rings. The molecule has 0 saturated heterocycles. The molecule has 1 aromatic carbocycles. The molecule has 0 bridgehead atoms. The van der Waals surface area contributed by atoms with Crippen LogP contribution in [0.2, 0.25) is 0 Å².